The Morgan fingerprint density at radius 3 is 2.62 bits per heavy atom. The third kappa shape index (κ3) is 4.45. The Morgan fingerprint density at radius 1 is 1.34 bits per heavy atom. The third-order valence-electron chi connectivity index (χ3n) is 6.85. The number of fused-ring (bicyclic) bond motifs is 1. The normalized spacial score (nSPS) is 27.6. The van der Waals surface area contributed by atoms with Crippen molar-refractivity contribution < 1.29 is 19.4 Å². The first kappa shape index (κ1) is 25.6. The number of aliphatic hydroxyl groups is 1. The fourth-order valence-electron chi connectivity index (χ4n) is 5.07. The number of nitrogens with one attached hydrogen (secondary N) is 2. The minimum absolute atomic E-state index is 0.202. The number of carbonyl (C=O) groups is 2. The Labute approximate surface area is 191 Å². The van der Waals surface area contributed by atoms with Crippen LogP contribution in [0.15, 0.2) is 41.1 Å². The number of primary amides is 1. The molecule has 2 amide bonds. The van der Waals surface area contributed by atoms with E-state index in [1.54, 1.807) is 20.1 Å². The van der Waals surface area contributed by atoms with Crippen molar-refractivity contribution in [1.82, 2.24) is 10.6 Å². The molecule has 1 heterocycles. The lowest BCUT2D eigenvalue weighted by Gasteiger charge is -2.58. The van der Waals surface area contributed by atoms with Crippen molar-refractivity contribution in [2.75, 3.05) is 13.7 Å². The maximum absolute atomic E-state index is 12.2. The van der Waals surface area contributed by atoms with Crippen LogP contribution in [0.25, 0.3) is 0 Å². The largest absolute Gasteiger partial charge is 0.497 e. The summed E-state index contributed by atoms with van der Waals surface area (Å²) in [5, 5.41) is 18.4. The van der Waals surface area contributed by atoms with Gasteiger partial charge in [0.15, 0.2) is 0 Å². The molecule has 2 unspecified atom stereocenters. The van der Waals surface area contributed by atoms with Gasteiger partial charge < -0.3 is 26.2 Å². The van der Waals surface area contributed by atoms with Gasteiger partial charge in [-0.3, -0.25) is 9.59 Å². The minimum atomic E-state index is -1.14. The predicted octanol–water partition coefficient (Wildman–Crippen LogP) is 2.61. The number of nitrogens with two attached hydrogens (primary N) is 1. The van der Waals surface area contributed by atoms with Gasteiger partial charge in [0.05, 0.1) is 12.7 Å². The van der Waals surface area contributed by atoms with Crippen LogP contribution in [-0.4, -0.2) is 42.7 Å². The number of aryl methyl sites for hydroxylation is 1. The number of carbonyl (C=O) groups excluding carboxylic acids is 2. The van der Waals surface area contributed by atoms with Crippen LogP contribution >= 0.6 is 0 Å². The summed E-state index contributed by atoms with van der Waals surface area (Å²) in [5.74, 6) is 0.192. The molecule has 3 rings (SSSR count). The molecule has 1 aromatic carbocycles. The first-order chi connectivity index (χ1) is 15.2. The van der Waals surface area contributed by atoms with Crippen LogP contribution in [0.1, 0.15) is 58.1 Å². The number of benzene rings is 1. The van der Waals surface area contributed by atoms with E-state index in [9.17, 15) is 14.7 Å². The molecule has 0 bridgehead atoms. The molecular formula is C25H37N3O4. The van der Waals surface area contributed by atoms with Crippen molar-refractivity contribution in [3.63, 3.8) is 0 Å². The second-order valence-corrected chi connectivity index (χ2v) is 8.42. The smallest absolute Gasteiger partial charge is 0.244 e. The average molecular weight is 444 g/mol. The van der Waals surface area contributed by atoms with E-state index in [0.717, 1.165) is 23.4 Å². The van der Waals surface area contributed by atoms with Crippen molar-refractivity contribution in [1.29, 1.82) is 0 Å². The number of hydrogen-bond acceptors (Lipinski definition) is 5. The van der Waals surface area contributed by atoms with Gasteiger partial charge in [-0.1, -0.05) is 19.9 Å². The summed E-state index contributed by atoms with van der Waals surface area (Å²) in [6.07, 6.45) is 3.72. The van der Waals surface area contributed by atoms with E-state index in [2.05, 4.69) is 10.6 Å². The zero-order chi connectivity index (χ0) is 24.1. The van der Waals surface area contributed by atoms with E-state index in [-0.39, 0.29) is 12.5 Å². The number of amides is 2. The lowest BCUT2D eigenvalue weighted by Crippen LogP contribution is -2.68. The van der Waals surface area contributed by atoms with Crippen LogP contribution < -0.4 is 21.1 Å². The molecule has 2 aliphatic rings. The fraction of sp³-hybridized carbons (Fsp3) is 0.520. The highest BCUT2D eigenvalue weighted by atomic mass is 16.5. The Morgan fingerprint density at radius 2 is 2.03 bits per heavy atom. The maximum Gasteiger partial charge on any atom is 0.244 e. The summed E-state index contributed by atoms with van der Waals surface area (Å²) >= 11 is 0. The molecule has 7 nitrogen and oxygen atoms in total. The quantitative estimate of drug-likeness (QED) is 0.399. The fourth-order valence-corrected chi connectivity index (χ4v) is 5.07. The van der Waals surface area contributed by atoms with Crippen molar-refractivity contribution in [2.45, 2.75) is 70.9 Å². The van der Waals surface area contributed by atoms with E-state index in [4.69, 9.17) is 10.5 Å². The number of hydrogen-bond donors (Lipinski definition) is 4. The second-order valence-electron chi connectivity index (χ2n) is 8.42. The van der Waals surface area contributed by atoms with E-state index in [1.165, 1.54) is 0 Å². The van der Waals surface area contributed by atoms with Gasteiger partial charge >= 0.3 is 0 Å². The average Bonchev–Trinajstić information content (AvgIpc) is 2.77. The van der Waals surface area contributed by atoms with Crippen LogP contribution in [0, 0.1) is 6.92 Å². The highest BCUT2D eigenvalue weighted by Crippen LogP contribution is 2.54. The number of methoxy groups -OCH3 is 1. The standard InChI is InChI=1S/C23H31N3O4.C2H6/c1-14-5-6-18(30-4)10-19(14)22-7-8-25-16(3)23(22,29)11-17(9-15(2)21(24)28)20(12-22)26-13-27;1-2/h5-6,9-10,13,16,25,29H,7-8,11-12H2,1-4H3,(H2,24,28)(H,26,27);1-2H3/b15-9+;/t16?,22-,23?;/m1./s1. The summed E-state index contributed by atoms with van der Waals surface area (Å²) < 4.78 is 5.47. The van der Waals surface area contributed by atoms with Crippen molar-refractivity contribution in [3.8, 4) is 5.75 Å². The van der Waals surface area contributed by atoms with Crippen molar-refractivity contribution in [3.05, 3.63) is 52.2 Å². The predicted molar refractivity (Wildman–Crippen MR) is 126 cm³/mol. The second kappa shape index (κ2) is 10.3. The lowest BCUT2D eigenvalue weighted by molar-refractivity contribution is -0.114. The summed E-state index contributed by atoms with van der Waals surface area (Å²) in [7, 11) is 1.62. The van der Waals surface area contributed by atoms with Crippen LogP contribution in [0.2, 0.25) is 0 Å². The van der Waals surface area contributed by atoms with Gasteiger partial charge in [0.1, 0.15) is 5.75 Å². The summed E-state index contributed by atoms with van der Waals surface area (Å²) in [6.45, 7) is 10.4. The molecule has 1 fully saturated rings. The molecule has 1 saturated heterocycles. The summed E-state index contributed by atoms with van der Waals surface area (Å²) in [5.41, 5.74) is 7.52. The minimum Gasteiger partial charge on any atom is -0.497 e. The number of piperidine rings is 1. The van der Waals surface area contributed by atoms with Gasteiger partial charge in [0.25, 0.3) is 0 Å². The van der Waals surface area contributed by atoms with E-state index in [1.807, 2.05) is 45.9 Å². The van der Waals surface area contributed by atoms with Gasteiger partial charge in [-0.2, -0.15) is 0 Å². The molecular weight excluding hydrogens is 406 g/mol. The van der Waals surface area contributed by atoms with Crippen LogP contribution in [0.4, 0.5) is 0 Å². The van der Waals surface area contributed by atoms with E-state index < -0.39 is 16.9 Å². The number of rotatable bonds is 6. The van der Waals surface area contributed by atoms with Gasteiger partial charge in [0.2, 0.25) is 12.3 Å². The molecule has 0 saturated carbocycles. The van der Waals surface area contributed by atoms with Gasteiger partial charge in [-0.25, -0.2) is 0 Å². The van der Waals surface area contributed by atoms with Crippen molar-refractivity contribution >= 4 is 12.3 Å². The molecule has 0 aromatic heterocycles. The molecule has 0 spiro atoms. The SMILES string of the molecule is CC.COc1ccc(C)c([C@]23CCNC(C)C2(O)CC(/C=C(\C)C(N)=O)=C(NC=O)C3)c1. The first-order valence-electron chi connectivity index (χ1n) is 11.2. The van der Waals surface area contributed by atoms with Gasteiger partial charge in [0, 0.05) is 35.6 Å². The molecule has 0 radical (unpaired) electrons. The zero-order valence-corrected chi connectivity index (χ0v) is 20.0. The molecule has 176 valence electrons. The van der Waals surface area contributed by atoms with Gasteiger partial charge in [-0.15, -0.1) is 0 Å². The first-order valence-corrected chi connectivity index (χ1v) is 11.2. The van der Waals surface area contributed by atoms with Gasteiger partial charge in [-0.05, 0) is 68.6 Å². The zero-order valence-electron chi connectivity index (χ0n) is 20.0. The van der Waals surface area contributed by atoms with Crippen LogP contribution in [-0.2, 0) is 15.0 Å². The third-order valence-corrected chi connectivity index (χ3v) is 6.85. The molecule has 1 aliphatic carbocycles. The van der Waals surface area contributed by atoms with E-state index >= 15 is 0 Å². The Kier molecular flexibility index (Phi) is 8.26. The van der Waals surface area contributed by atoms with Crippen LogP contribution in [0.5, 0.6) is 5.75 Å². The highest BCUT2D eigenvalue weighted by Gasteiger charge is 2.59. The lowest BCUT2D eigenvalue weighted by atomic mass is 9.53. The Hall–Kier alpha value is -2.64. The molecule has 5 N–H and O–H groups in total. The molecule has 32 heavy (non-hydrogen) atoms. The Bertz CT molecular complexity index is 924. The van der Waals surface area contributed by atoms with E-state index in [0.29, 0.717) is 36.1 Å². The van der Waals surface area contributed by atoms with Crippen molar-refractivity contribution in [2.24, 2.45) is 5.73 Å². The Balaban J connectivity index is 0.00000176. The number of ether oxygens (including phenoxy) is 1. The summed E-state index contributed by atoms with van der Waals surface area (Å²) in [6, 6.07) is 5.70. The summed E-state index contributed by atoms with van der Waals surface area (Å²) in [4.78, 5) is 23.0. The number of allylic oxidation sites excluding steroid dienone is 2. The molecule has 3 atom stereocenters. The van der Waals surface area contributed by atoms with Crippen LogP contribution in [0.3, 0.4) is 0 Å². The monoisotopic (exact) mass is 443 g/mol. The molecule has 1 aliphatic heterocycles. The maximum atomic E-state index is 12.2. The topological polar surface area (TPSA) is 114 Å². The highest BCUT2D eigenvalue weighted by molar-refractivity contribution is 5.91. The molecule has 1 aromatic rings. The molecule has 7 heteroatoms.